The molecule has 0 atom stereocenters. The maximum atomic E-state index is 11.8. The summed E-state index contributed by atoms with van der Waals surface area (Å²) in [5, 5.41) is 20.4. The molecule has 1 amide bonds. The van der Waals surface area contributed by atoms with Crippen LogP contribution in [0.1, 0.15) is 16.1 Å². The Hall–Kier alpha value is -2.96. The molecule has 0 aromatic carbocycles. The van der Waals surface area contributed by atoms with Gasteiger partial charge in [-0.2, -0.15) is 0 Å². The number of hydrogen-bond acceptors (Lipinski definition) is 5. The summed E-state index contributed by atoms with van der Waals surface area (Å²) < 4.78 is 0. The first-order chi connectivity index (χ1) is 9.54. The van der Waals surface area contributed by atoms with E-state index in [0.717, 1.165) is 0 Å². The minimum Gasteiger partial charge on any atom is -0.506 e. The molecular formula is C13H11N3O4. The van der Waals surface area contributed by atoms with Gasteiger partial charge in [0.1, 0.15) is 5.75 Å². The number of carbonyl (C=O) groups is 2. The predicted octanol–water partition coefficient (Wildman–Crippen LogP) is 1.06. The molecule has 0 aliphatic heterocycles. The molecule has 7 heteroatoms. The van der Waals surface area contributed by atoms with E-state index in [1.165, 1.54) is 30.7 Å². The summed E-state index contributed by atoms with van der Waals surface area (Å²) in [6, 6.07) is 4.36. The van der Waals surface area contributed by atoms with Gasteiger partial charge in [0, 0.05) is 6.20 Å². The lowest BCUT2D eigenvalue weighted by atomic mass is 10.2. The molecule has 0 saturated heterocycles. The minimum atomic E-state index is -0.972. The van der Waals surface area contributed by atoms with Crippen molar-refractivity contribution in [2.24, 2.45) is 0 Å². The first-order valence-corrected chi connectivity index (χ1v) is 5.66. The Morgan fingerprint density at radius 2 is 2.00 bits per heavy atom. The van der Waals surface area contributed by atoms with Crippen LogP contribution in [0.4, 0.5) is 5.69 Å². The highest BCUT2D eigenvalue weighted by atomic mass is 16.4. The third-order valence-electron chi connectivity index (χ3n) is 2.40. The summed E-state index contributed by atoms with van der Waals surface area (Å²) >= 11 is 0. The van der Waals surface area contributed by atoms with E-state index in [1.54, 1.807) is 6.07 Å². The summed E-state index contributed by atoms with van der Waals surface area (Å²) in [4.78, 5) is 30.0. The van der Waals surface area contributed by atoms with Gasteiger partial charge in [-0.05, 0) is 18.2 Å². The molecule has 2 rings (SSSR count). The average Bonchev–Trinajstić information content (AvgIpc) is 2.40. The van der Waals surface area contributed by atoms with E-state index in [9.17, 15) is 14.7 Å². The van der Waals surface area contributed by atoms with Gasteiger partial charge >= 0.3 is 5.97 Å². The molecule has 0 spiro atoms. The Balaban J connectivity index is 2.06. The topological polar surface area (TPSA) is 112 Å². The summed E-state index contributed by atoms with van der Waals surface area (Å²) in [5.74, 6) is -1.52. The normalized spacial score (nSPS) is 10.0. The van der Waals surface area contributed by atoms with Gasteiger partial charge in [-0.3, -0.25) is 19.6 Å². The van der Waals surface area contributed by atoms with Crippen molar-refractivity contribution >= 4 is 17.6 Å². The van der Waals surface area contributed by atoms with Gasteiger partial charge < -0.3 is 15.5 Å². The lowest BCUT2D eigenvalue weighted by molar-refractivity contribution is -0.136. The number of carboxylic acid groups (broad SMARTS) is 1. The van der Waals surface area contributed by atoms with Gasteiger partial charge in [-0.1, -0.05) is 0 Å². The van der Waals surface area contributed by atoms with Crippen LogP contribution in [-0.2, 0) is 11.2 Å². The van der Waals surface area contributed by atoms with Crippen LogP contribution >= 0.6 is 0 Å². The standard InChI is InChI=1S/C13H11N3O4/c17-11-3-8(5-14-7-11)13(20)16-10-2-1-9(15-6-10)4-12(18)19/h1-3,5-7,17H,4H2,(H,16,20)(H,18,19). The molecule has 7 nitrogen and oxygen atoms in total. The van der Waals surface area contributed by atoms with E-state index in [2.05, 4.69) is 15.3 Å². The van der Waals surface area contributed by atoms with Gasteiger partial charge in [0.05, 0.1) is 35.8 Å². The number of hydrogen-bond donors (Lipinski definition) is 3. The summed E-state index contributed by atoms with van der Waals surface area (Å²) in [5.41, 5.74) is 1.03. The average molecular weight is 273 g/mol. The zero-order chi connectivity index (χ0) is 14.5. The Kier molecular flexibility index (Phi) is 3.90. The fraction of sp³-hybridized carbons (Fsp3) is 0.0769. The number of nitrogens with zero attached hydrogens (tertiary/aromatic N) is 2. The highest BCUT2D eigenvalue weighted by Gasteiger charge is 2.08. The van der Waals surface area contributed by atoms with Crippen LogP contribution in [0.5, 0.6) is 5.75 Å². The second kappa shape index (κ2) is 5.79. The maximum absolute atomic E-state index is 11.8. The monoisotopic (exact) mass is 273 g/mol. The fourth-order valence-corrected chi connectivity index (χ4v) is 1.51. The molecule has 0 aliphatic rings. The van der Waals surface area contributed by atoms with Gasteiger partial charge in [0.2, 0.25) is 0 Å². The van der Waals surface area contributed by atoms with Crippen molar-refractivity contribution in [2.75, 3.05) is 5.32 Å². The van der Waals surface area contributed by atoms with Crippen LogP contribution in [0.15, 0.2) is 36.8 Å². The molecule has 0 aliphatic carbocycles. The molecule has 0 radical (unpaired) electrons. The second-order valence-corrected chi connectivity index (χ2v) is 3.99. The SMILES string of the molecule is O=C(O)Cc1ccc(NC(=O)c2cncc(O)c2)cn1. The van der Waals surface area contributed by atoms with E-state index in [0.29, 0.717) is 11.4 Å². The van der Waals surface area contributed by atoms with E-state index >= 15 is 0 Å². The third kappa shape index (κ3) is 3.52. The summed E-state index contributed by atoms with van der Waals surface area (Å²) in [6.07, 6.45) is 3.73. The zero-order valence-electron chi connectivity index (χ0n) is 10.3. The number of anilines is 1. The molecule has 20 heavy (non-hydrogen) atoms. The smallest absolute Gasteiger partial charge is 0.309 e. The third-order valence-corrected chi connectivity index (χ3v) is 2.40. The van der Waals surface area contributed by atoms with E-state index in [-0.39, 0.29) is 17.7 Å². The molecule has 0 saturated carbocycles. The second-order valence-electron chi connectivity index (χ2n) is 3.99. The highest BCUT2D eigenvalue weighted by molar-refractivity contribution is 6.04. The number of pyridine rings is 2. The number of aromatic nitrogens is 2. The lowest BCUT2D eigenvalue weighted by Crippen LogP contribution is -2.12. The lowest BCUT2D eigenvalue weighted by Gasteiger charge is -2.05. The quantitative estimate of drug-likeness (QED) is 0.767. The molecule has 0 fully saturated rings. The van der Waals surface area contributed by atoms with Gasteiger partial charge in [-0.15, -0.1) is 0 Å². The number of carbonyl (C=O) groups excluding carboxylic acids is 1. The highest BCUT2D eigenvalue weighted by Crippen LogP contribution is 2.12. The molecule has 2 heterocycles. The van der Waals surface area contributed by atoms with Crippen LogP contribution in [-0.4, -0.2) is 32.1 Å². The van der Waals surface area contributed by atoms with Gasteiger partial charge in [0.15, 0.2) is 0 Å². The fourth-order valence-electron chi connectivity index (χ4n) is 1.51. The molecule has 102 valence electrons. The molecule has 2 aromatic rings. The van der Waals surface area contributed by atoms with Crippen molar-refractivity contribution in [2.45, 2.75) is 6.42 Å². The van der Waals surface area contributed by atoms with Crippen LogP contribution in [0.3, 0.4) is 0 Å². The summed E-state index contributed by atoms with van der Waals surface area (Å²) in [6.45, 7) is 0. The zero-order valence-corrected chi connectivity index (χ0v) is 10.3. The molecule has 0 unspecified atom stereocenters. The van der Waals surface area contributed by atoms with E-state index in [1.807, 2.05) is 0 Å². The van der Waals surface area contributed by atoms with Gasteiger partial charge in [-0.25, -0.2) is 0 Å². The molecule has 0 bridgehead atoms. The van der Waals surface area contributed by atoms with Crippen molar-refractivity contribution in [3.63, 3.8) is 0 Å². The van der Waals surface area contributed by atoms with E-state index in [4.69, 9.17) is 5.11 Å². The predicted molar refractivity (Wildman–Crippen MR) is 69.4 cm³/mol. The molecule has 2 aromatic heterocycles. The largest absolute Gasteiger partial charge is 0.506 e. The summed E-state index contributed by atoms with van der Waals surface area (Å²) in [7, 11) is 0. The Bertz CT molecular complexity index is 640. The van der Waals surface area contributed by atoms with Crippen LogP contribution in [0.2, 0.25) is 0 Å². The molecule has 3 N–H and O–H groups in total. The van der Waals surface area contributed by atoms with Crippen molar-refractivity contribution in [1.82, 2.24) is 9.97 Å². The number of carboxylic acids is 1. The Morgan fingerprint density at radius 1 is 1.20 bits per heavy atom. The van der Waals surface area contributed by atoms with Crippen LogP contribution in [0, 0.1) is 0 Å². The van der Waals surface area contributed by atoms with Crippen molar-refractivity contribution in [3.05, 3.63) is 48.0 Å². The van der Waals surface area contributed by atoms with Crippen molar-refractivity contribution < 1.29 is 19.8 Å². The molecular weight excluding hydrogens is 262 g/mol. The Morgan fingerprint density at radius 3 is 2.60 bits per heavy atom. The number of amides is 1. The van der Waals surface area contributed by atoms with Gasteiger partial charge in [0.25, 0.3) is 5.91 Å². The number of nitrogens with one attached hydrogen (secondary N) is 1. The van der Waals surface area contributed by atoms with Crippen LogP contribution < -0.4 is 5.32 Å². The number of aromatic hydroxyl groups is 1. The maximum Gasteiger partial charge on any atom is 0.309 e. The Labute approximate surface area is 113 Å². The van der Waals surface area contributed by atoms with Crippen LogP contribution in [0.25, 0.3) is 0 Å². The number of aliphatic carboxylic acids is 1. The van der Waals surface area contributed by atoms with E-state index < -0.39 is 11.9 Å². The van der Waals surface area contributed by atoms with Crippen molar-refractivity contribution in [3.8, 4) is 5.75 Å². The first kappa shape index (κ1) is 13.5. The first-order valence-electron chi connectivity index (χ1n) is 5.66. The minimum absolute atomic E-state index is 0.104. The number of rotatable bonds is 4. The van der Waals surface area contributed by atoms with Crippen molar-refractivity contribution in [1.29, 1.82) is 0 Å².